The molecule has 3 heteroatoms. The predicted octanol–water partition coefficient (Wildman–Crippen LogP) is 0.750. The van der Waals surface area contributed by atoms with Gasteiger partial charge in [0.05, 0.1) is 6.10 Å². The average molecular weight is 194 g/mol. The van der Waals surface area contributed by atoms with Crippen LogP contribution in [-0.2, 0) is 11.3 Å². The van der Waals surface area contributed by atoms with Crippen LogP contribution in [0.15, 0.2) is 30.3 Å². The van der Waals surface area contributed by atoms with Crippen LogP contribution >= 0.6 is 0 Å². The second kappa shape index (κ2) is 6.54. The molecule has 1 aromatic carbocycles. The zero-order valence-corrected chi connectivity index (χ0v) is 8.57. The molecule has 1 atom stereocenters. The summed E-state index contributed by atoms with van der Waals surface area (Å²) in [6.07, 6.45) is 0.110. The lowest BCUT2D eigenvalue weighted by Gasteiger charge is -2.13. The largest absolute Gasteiger partial charge is 0.379 e. The minimum absolute atomic E-state index is 0.110. The maximum atomic E-state index is 5.50. The van der Waals surface area contributed by atoms with Gasteiger partial charge in [0, 0.05) is 26.7 Å². The number of benzene rings is 1. The molecule has 0 heterocycles. The quantitative estimate of drug-likeness (QED) is 0.702. The molecule has 0 aliphatic carbocycles. The molecular weight excluding hydrogens is 176 g/mol. The first-order chi connectivity index (χ1) is 6.86. The average Bonchev–Trinajstić information content (AvgIpc) is 2.26. The van der Waals surface area contributed by atoms with Crippen LogP contribution in [0.3, 0.4) is 0 Å². The summed E-state index contributed by atoms with van der Waals surface area (Å²) in [5.74, 6) is 0. The summed E-state index contributed by atoms with van der Waals surface area (Å²) in [6.45, 7) is 2.21. The van der Waals surface area contributed by atoms with E-state index in [9.17, 15) is 0 Å². The Hall–Kier alpha value is -0.900. The van der Waals surface area contributed by atoms with Crippen LogP contribution in [-0.4, -0.2) is 26.3 Å². The zero-order valence-electron chi connectivity index (χ0n) is 8.57. The van der Waals surface area contributed by atoms with Gasteiger partial charge in [0.25, 0.3) is 0 Å². The second-order valence-corrected chi connectivity index (χ2v) is 3.21. The van der Waals surface area contributed by atoms with E-state index in [-0.39, 0.29) is 6.10 Å². The van der Waals surface area contributed by atoms with Gasteiger partial charge in [-0.05, 0) is 5.56 Å². The van der Waals surface area contributed by atoms with Crippen LogP contribution in [0.4, 0.5) is 0 Å². The fourth-order valence-electron chi connectivity index (χ4n) is 1.24. The molecule has 0 aromatic heterocycles. The number of nitrogens with two attached hydrogens (primary N) is 1. The Morgan fingerprint density at radius 3 is 2.64 bits per heavy atom. The number of nitrogens with one attached hydrogen (secondary N) is 1. The number of hydrogen-bond donors (Lipinski definition) is 2. The molecule has 0 saturated heterocycles. The first-order valence-corrected chi connectivity index (χ1v) is 4.84. The molecule has 0 spiro atoms. The Kier molecular flexibility index (Phi) is 5.22. The smallest absolute Gasteiger partial charge is 0.0817 e. The van der Waals surface area contributed by atoms with Gasteiger partial charge in [-0.1, -0.05) is 30.3 Å². The standard InChI is InChI=1S/C11H18N2O/c1-14-11(7-12)9-13-8-10-5-3-2-4-6-10/h2-6,11,13H,7-9,12H2,1H3. The fourth-order valence-corrected chi connectivity index (χ4v) is 1.24. The Morgan fingerprint density at radius 2 is 2.07 bits per heavy atom. The van der Waals surface area contributed by atoms with Crippen LogP contribution in [0.5, 0.6) is 0 Å². The second-order valence-electron chi connectivity index (χ2n) is 3.21. The number of rotatable bonds is 6. The Bertz CT molecular complexity index is 234. The highest BCUT2D eigenvalue weighted by molar-refractivity contribution is 5.14. The van der Waals surface area contributed by atoms with E-state index < -0.39 is 0 Å². The molecule has 3 nitrogen and oxygen atoms in total. The SMILES string of the molecule is COC(CN)CNCc1ccccc1. The van der Waals surface area contributed by atoms with E-state index in [0.717, 1.165) is 13.1 Å². The molecule has 14 heavy (non-hydrogen) atoms. The van der Waals surface area contributed by atoms with E-state index in [1.54, 1.807) is 7.11 Å². The van der Waals surface area contributed by atoms with Crippen molar-refractivity contribution in [1.29, 1.82) is 0 Å². The Morgan fingerprint density at radius 1 is 1.36 bits per heavy atom. The topological polar surface area (TPSA) is 47.3 Å². The van der Waals surface area contributed by atoms with Crippen LogP contribution in [0, 0.1) is 0 Å². The minimum atomic E-state index is 0.110. The Labute approximate surface area is 85.3 Å². The van der Waals surface area contributed by atoms with Gasteiger partial charge < -0.3 is 15.8 Å². The van der Waals surface area contributed by atoms with Gasteiger partial charge in [0.15, 0.2) is 0 Å². The van der Waals surface area contributed by atoms with Gasteiger partial charge in [0.2, 0.25) is 0 Å². The maximum Gasteiger partial charge on any atom is 0.0817 e. The van der Waals surface area contributed by atoms with Crippen LogP contribution < -0.4 is 11.1 Å². The molecule has 1 unspecified atom stereocenters. The molecule has 0 fully saturated rings. The van der Waals surface area contributed by atoms with E-state index in [2.05, 4.69) is 17.4 Å². The van der Waals surface area contributed by atoms with Gasteiger partial charge in [-0.3, -0.25) is 0 Å². The van der Waals surface area contributed by atoms with Gasteiger partial charge in [-0.15, -0.1) is 0 Å². The first kappa shape index (κ1) is 11.2. The minimum Gasteiger partial charge on any atom is -0.379 e. The van der Waals surface area contributed by atoms with Crippen molar-refractivity contribution >= 4 is 0 Å². The van der Waals surface area contributed by atoms with Crippen molar-refractivity contribution in [1.82, 2.24) is 5.32 Å². The summed E-state index contributed by atoms with van der Waals surface area (Å²) in [7, 11) is 1.68. The van der Waals surface area contributed by atoms with Crippen molar-refractivity contribution in [2.24, 2.45) is 5.73 Å². The van der Waals surface area contributed by atoms with Gasteiger partial charge in [0.1, 0.15) is 0 Å². The summed E-state index contributed by atoms with van der Waals surface area (Å²) in [5.41, 5.74) is 6.77. The lowest BCUT2D eigenvalue weighted by atomic mass is 10.2. The van der Waals surface area contributed by atoms with Crippen LogP contribution in [0.2, 0.25) is 0 Å². The third kappa shape index (κ3) is 3.87. The molecule has 0 bridgehead atoms. The molecular formula is C11H18N2O. The number of ether oxygens (including phenoxy) is 1. The predicted molar refractivity (Wildman–Crippen MR) is 58.0 cm³/mol. The van der Waals surface area contributed by atoms with Crippen molar-refractivity contribution in [3.05, 3.63) is 35.9 Å². The van der Waals surface area contributed by atoms with E-state index >= 15 is 0 Å². The van der Waals surface area contributed by atoms with Crippen molar-refractivity contribution in [3.8, 4) is 0 Å². The Balaban J connectivity index is 2.21. The third-order valence-electron chi connectivity index (χ3n) is 2.14. The maximum absolute atomic E-state index is 5.50. The summed E-state index contributed by atoms with van der Waals surface area (Å²) in [4.78, 5) is 0. The zero-order chi connectivity index (χ0) is 10.2. The van der Waals surface area contributed by atoms with E-state index in [0.29, 0.717) is 6.54 Å². The van der Waals surface area contributed by atoms with Crippen molar-refractivity contribution in [2.45, 2.75) is 12.6 Å². The number of methoxy groups -OCH3 is 1. The third-order valence-corrected chi connectivity index (χ3v) is 2.14. The van der Waals surface area contributed by atoms with E-state index in [1.807, 2.05) is 18.2 Å². The lowest BCUT2D eigenvalue weighted by Crippen LogP contribution is -2.33. The molecule has 78 valence electrons. The molecule has 0 aliphatic rings. The van der Waals surface area contributed by atoms with Crippen molar-refractivity contribution in [3.63, 3.8) is 0 Å². The normalized spacial score (nSPS) is 12.7. The fraction of sp³-hybridized carbons (Fsp3) is 0.455. The van der Waals surface area contributed by atoms with Crippen molar-refractivity contribution < 1.29 is 4.74 Å². The summed E-state index contributed by atoms with van der Waals surface area (Å²) in [6, 6.07) is 10.3. The number of hydrogen-bond acceptors (Lipinski definition) is 3. The molecule has 0 saturated carbocycles. The monoisotopic (exact) mass is 194 g/mol. The highest BCUT2D eigenvalue weighted by Crippen LogP contribution is 1.97. The van der Waals surface area contributed by atoms with Gasteiger partial charge >= 0.3 is 0 Å². The molecule has 3 N–H and O–H groups in total. The lowest BCUT2D eigenvalue weighted by molar-refractivity contribution is 0.108. The summed E-state index contributed by atoms with van der Waals surface area (Å²) >= 11 is 0. The van der Waals surface area contributed by atoms with Crippen molar-refractivity contribution in [2.75, 3.05) is 20.2 Å². The molecule has 1 aromatic rings. The molecule has 0 radical (unpaired) electrons. The molecule has 1 rings (SSSR count). The highest BCUT2D eigenvalue weighted by atomic mass is 16.5. The highest BCUT2D eigenvalue weighted by Gasteiger charge is 2.02. The van der Waals surface area contributed by atoms with Crippen LogP contribution in [0.1, 0.15) is 5.56 Å². The molecule has 0 aliphatic heterocycles. The molecule has 0 amide bonds. The van der Waals surface area contributed by atoms with Gasteiger partial charge in [-0.2, -0.15) is 0 Å². The summed E-state index contributed by atoms with van der Waals surface area (Å²) < 4.78 is 5.15. The van der Waals surface area contributed by atoms with E-state index in [1.165, 1.54) is 5.56 Å². The van der Waals surface area contributed by atoms with Gasteiger partial charge in [-0.25, -0.2) is 0 Å². The first-order valence-electron chi connectivity index (χ1n) is 4.84. The van der Waals surface area contributed by atoms with E-state index in [4.69, 9.17) is 10.5 Å². The summed E-state index contributed by atoms with van der Waals surface area (Å²) in [5, 5.41) is 3.30. The van der Waals surface area contributed by atoms with Crippen LogP contribution in [0.25, 0.3) is 0 Å².